The number of aliphatic imine (C=N–C) groups is 1. The molecule has 0 unspecified atom stereocenters. The third-order valence-corrected chi connectivity index (χ3v) is 6.94. The van der Waals surface area contributed by atoms with Gasteiger partial charge in [-0.2, -0.15) is 4.99 Å². The van der Waals surface area contributed by atoms with E-state index in [1.54, 1.807) is 6.07 Å². The molecular formula is C21H28ClN5O4S. The number of sulfonamides is 1. The topological polar surface area (TPSA) is 150 Å². The summed E-state index contributed by atoms with van der Waals surface area (Å²) in [6.07, 6.45) is 3.62. The zero-order chi connectivity index (χ0) is 23.7. The van der Waals surface area contributed by atoms with Crippen LogP contribution in [0.3, 0.4) is 0 Å². The van der Waals surface area contributed by atoms with Gasteiger partial charge < -0.3 is 16.2 Å². The first-order valence-electron chi connectivity index (χ1n) is 10.3. The maximum Gasteiger partial charge on any atom is 0.309 e. The summed E-state index contributed by atoms with van der Waals surface area (Å²) >= 11 is 6.19. The number of ether oxygens (including phenoxy) is 1. The molecule has 0 atom stereocenters. The maximum atomic E-state index is 13.0. The largest absolute Gasteiger partial charge is 0.460 e. The summed E-state index contributed by atoms with van der Waals surface area (Å²) in [6, 6.07) is 4.25. The van der Waals surface area contributed by atoms with Crippen molar-refractivity contribution < 1.29 is 17.9 Å². The van der Waals surface area contributed by atoms with Crippen molar-refractivity contribution in [2.24, 2.45) is 22.4 Å². The van der Waals surface area contributed by atoms with Crippen molar-refractivity contribution in [2.45, 2.75) is 63.0 Å². The van der Waals surface area contributed by atoms with Gasteiger partial charge in [0.15, 0.2) is 11.8 Å². The van der Waals surface area contributed by atoms with E-state index in [0.717, 1.165) is 0 Å². The third-order valence-electron chi connectivity index (χ3n) is 5.12. The van der Waals surface area contributed by atoms with Gasteiger partial charge in [0.05, 0.1) is 15.8 Å². The van der Waals surface area contributed by atoms with Gasteiger partial charge >= 0.3 is 5.97 Å². The van der Waals surface area contributed by atoms with E-state index in [9.17, 15) is 13.2 Å². The molecule has 1 saturated carbocycles. The SMILES string of the molecule is CC(C)(C)OC(=O)C1CCC(NS(=O)(=O)c2ccc3c(Cl)cnc(N=C(N)N)c3c2)CC1. The quantitative estimate of drug-likeness (QED) is 0.337. The molecule has 3 rings (SSSR count). The van der Waals surface area contributed by atoms with Gasteiger partial charge in [-0.25, -0.2) is 18.1 Å². The van der Waals surface area contributed by atoms with E-state index in [2.05, 4.69) is 14.7 Å². The predicted octanol–water partition coefficient (Wildman–Crippen LogP) is 2.97. The highest BCUT2D eigenvalue weighted by Gasteiger charge is 2.32. The highest BCUT2D eigenvalue weighted by Crippen LogP contribution is 2.32. The summed E-state index contributed by atoms with van der Waals surface area (Å²) in [4.78, 5) is 20.4. The van der Waals surface area contributed by atoms with Gasteiger partial charge in [0.25, 0.3) is 0 Å². The van der Waals surface area contributed by atoms with Crippen LogP contribution in [-0.4, -0.2) is 37.0 Å². The minimum atomic E-state index is -3.82. The number of fused-ring (bicyclic) bond motifs is 1. The monoisotopic (exact) mass is 481 g/mol. The van der Waals surface area contributed by atoms with Crippen LogP contribution in [0.2, 0.25) is 5.02 Å². The third kappa shape index (κ3) is 5.87. The lowest BCUT2D eigenvalue weighted by atomic mass is 9.86. The molecule has 1 fully saturated rings. The second-order valence-electron chi connectivity index (χ2n) is 8.88. The van der Waals surface area contributed by atoms with Crippen LogP contribution in [0.15, 0.2) is 34.3 Å². The number of hydrogen-bond acceptors (Lipinski definition) is 6. The highest BCUT2D eigenvalue weighted by atomic mass is 35.5. The van der Waals surface area contributed by atoms with Crippen molar-refractivity contribution in [3.05, 3.63) is 29.4 Å². The minimum absolute atomic E-state index is 0.0513. The maximum absolute atomic E-state index is 13.0. The first-order chi connectivity index (χ1) is 14.9. The van der Waals surface area contributed by atoms with Gasteiger partial charge in [-0.05, 0) is 58.6 Å². The number of carbonyl (C=O) groups excluding carboxylic acids is 1. The van der Waals surface area contributed by atoms with Crippen molar-refractivity contribution in [1.82, 2.24) is 9.71 Å². The molecule has 1 aliphatic carbocycles. The van der Waals surface area contributed by atoms with Gasteiger partial charge in [0.2, 0.25) is 10.0 Å². The Bertz CT molecular complexity index is 1150. The van der Waals surface area contributed by atoms with Gasteiger partial charge in [-0.1, -0.05) is 17.7 Å². The molecule has 0 bridgehead atoms. The smallest absolute Gasteiger partial charge is 0.309 e. The van der Waals surface area contributed by atoms with Crippen molar-refractivity contribution in [2.75, 3.05) is 0 Å². The second kappa shape index (κ2) is 9.21. The van der Waals surface area contributed by atoms with Crippen molar-refractivity contribution in [3.8, 4) is 0 Å². The van der Waals surface area contributed by atoms with E-state index < -0.39 is 15.6 Å². The van der Waals surface area contributed by atoms with Crippen LogP contribution in [0.25, 0.3) is 10.8 Å². The Labute approximate surface area is 192 Å². The Morgan fingerprint density at radius 2 is 1.84 bits per heavy atom. The number of carbonyl (C=O) groups is 1. The van der Waals surface area contributed by atoms with Crippen LogP contribution in [0.5, 0.6) is 0 Å². The molecule has 1 aliphatic rings. The van der Waals surface area contributed by atoms with E-state index in [4.69, 9.17) is 27.8 Å². The Morgan fingerprint density at radius 1 is 1.19 bits per heavy atom. The van der Waals surface area contributed by atoms with Crippen LogP contribution in [0, 0.1) is 5.92 Å². The molecule has 32 heavy (non-hydrogen) atoms. The molecule has 1 aromatic heterocycles. The molecule has 5 N–H and O–H groups in total. The van der Waals surface area contributed by atoms with Gasteiger partial charge in [0, 0.05) is 23.0 Å². The molecule has 2 aromatic rings. The average molecular weight is 482 g/mol. The molecule has 0 amide bonds. The van der Waals surface area contributed by atoms with E-state index in [-0.39, 0.29) is 34.6 Å². The Balaban J connectivity index is 1.76. The van der Waals surface area contributed by atoms with Crippen LogP contribution in [0.1, 0.15) is 46.5 Å². The molecule has 0 radical (unpaired) electrons. The molecule has 0 aliphatic heterocycles. The molecule has 1 heterocycles. The number of benzene rings is 1. The number of nitrogens with two attached hydrogens (primary N) is 2. The first-order valence-corrected chi connectivity index (χ1v) is 12.1. The van der Waals surface area contributed by atoms with Gasteiger partial charge in [-0.15, -0.1) is 0 Å². The zero-order valence-electron chi connectivity index (χ0n) is 18.3. The fraction of sp³-hybridized carbons (Fsp3) is 0.476. The molecule has 174 valence electrons. The molecule has 0 spiro atoms. The molecule has 0 saturated heterocycles. The summed E-state index contributed by atoms with van der Waals surface area (Å²) in [5.74, 6) is -0.468. The number of nitrogens with one attached hydrogen (secondary N) is 1. The van der Waals surface area contributed by atoms with E-state index in [1.165, 1.54) is 18.3 Å². The van der Waals surface area contributed by atoms with Crippen molar-refractivity contribution in [1.29, 1.82) is 0 Å². The van der Waals surface area contributed by atoms with Crippen molar-refractivity contribution in [3.63, 3.8) is 0 Å². The Kier molecular flexibility index (Phi) is 6.97. The van der Waals surface area contributed by atoms with Crippen LogP contribution in [0.4, 0.5) is 5.82 Å². The zero-order valence-corrected chi connectivity index (χ0v) is 19.8. The number of pyridine rings is 1. The van der Waals surface area contributed by atoms with E-state index in [0.29, 0.717) is 41.5 Å². The number of halogens is 1. The molecule has 1 aromatic carbocycles. The fourth-order valence-electron chi connectivity index (χ4n) is 3.67. The summed E-state index contributed by atoms with van der Waals surface area (Å²) in [5, 5.41) is 1.35. The van der Waals surface area contributed by atoms with Crippen molar-refractivity contribution >= 4 is 50.1 Å². The summed E-state index contributed by atoms with van der Waals surface area (Å²) in [6.45, 7) is 5.49. The summed E-state index contributed by atoms with van der Waals surface area (Å²) in [5.41, 5.74) is 10.4. The molecule has 9 nitrogen and oxygen atoms in total. The number of guanidine groups is 1. The summed E-state index contributed by atoms with van der Waals surface area (Å²) < 4.78 is 34.2. The van der Waals surface area contributed by atoms with E-state index in [1.807, 2.05) is 20.8 Å². The lowest BCUT2D eigenvalue weighted by Gasteiger charge is -2.30. The van der Waals surface area contributed by atoms with Gasteiger partial charge in [0.1, 0.15) is 5.60 Å². The number of nitrogens with zero attached hydrogens (tertiary/aromatic N) is 2. The normalized spacial score (nSPS) is 19.5. The minimum Gasteiger partial charge on any atom is -0.460 e. The fourth-order valence-corrected chi connectivity index (χ4v) is 5.22. The Hall–Kier alpha value is -2.43. The highest BCUT2D eigenvalue weighted by molar-refractivity contribution is 7.89. The lowest BCUT2D eigenvalue weighted by Crippen LogP contribution is -2.39. The van der Waals surface area contributed by atoms with E-state index >= 15 is 0 Å². The number of esters is 1. The van der Waals surface area contributed by atoms with Crippen LogP contribution < -0.4 is 16.2 Å². The second-order valence-corrected chi connectivity index (χ2v) is 11.0. The first kappa shape index (κ1) is 24.2. The van der Waals surface area contributed by atoms with Crippen LogP contribution in [-0.2, 0) is 19.6 Å². The number of aromatic nitrogens is 1. The van der Waals surface area contributed by atoms with Crippen LogP contribution >= 0.6 is 11.6 Å². The Morgan fingerprint density at radius 3 is 2.44 bits per heavy atom. The predicted molar refractivity (Wildman–Crippen MR) is 124 cm³/mol. The molecular weight excluding hydrogens is 454 g/mol. The standard InChI is InChI=1S/C21H28ClN5O4S/c1-21(2,3)31-19(28)12-4-6-13(7-5-12)27-32(29,30)14-8-9-15-16(10-14)18(26-20(23)24)25-11-17(15)22/h8-13,27H,4-7H2,1-3H3,(H4,23,24,25,26). The molecule has 11 heteroatoms. The van der Waals surface area contributed by atoms with Gasteiger partial charge in [-0.3, -0.25) is 4.79 Å². The average Bonchev–Trinajstić information content (AvgIpc) is 2.68. The lowest BCUT2D eigenvalue weighted by molar-refractivity contribution is -0.161. The number of hydrogen-bond donors (Lipinski definition) is 3. The number of rotatable bonds is 5. The summed E-state index contributed by atoms with van der Waals surface area (Å²) in [7, 11) is -3.82.